The predicted octanol–water partition coefficient (Wildman–Crippen LogP) is 4.82. The van der Waals surface area contributed by atoms with E-state index in [0.717, 1.165) is 10.9 Å². The number of halogens is 2. The van der Waals surface area contributed by atoms with Crippen LogP contribution in [0.5, 0.6) is 0 Å². The van der Waals surface area contributed by atoms with Gasteiger partial charge in [-0.2, -0.15) is 0 Å². The minimum atomic E-state index is 0. The molecule has 0 amide bonds. The number of rotatable bonds is 5. The van der Waals surface area contributed by atoms with Crippen molar-refractivity contribution in [1.29, 1.82) is 0 Å². The van der Waals surface area contributed by atoms with Crippen LogP contribution in [0.15, 0.2) is 24.3 Å². The lowest BCUT2D eigenvalue weighted by molar-refractivity contribution is 0.157. The first kappa shape index (κ1) is 16.8. The molecule has 1 nitrogen and oxygen atoms in total. The minimum Gasteiger partial charge on any atom is -0.316 e. The van der Waals surface area contributed by atoms with Gasteiger partial charge in [0.15, 0.2) is 0 Å². The van der Waals surface area contributed by atoms with E-state index in [0.29, 0.717) is 11.5 Å². The summed E-state index contributed by atoms with van der Waals surface area (Å²) in [6.07, 6.45) is 5.18. The van der Waals surface area contributed by atoms with Crippen LogP contribution >= 0.6 is 24.0 Å². The molecule has 0 radical (unpaired) electrons. The molecule has 0 aromatic heterocycles. The molecule has 1 aromatic carbocycles. The summed E-state index contributed by atoms with van der Waals surface area (Å²) in [5.74, 6) is 0.729. The molecule has 1 aromatic rings. The molecule has 0 bridgehead atoms. The highest BCUT2D eigenvalue weighted by Gasteiger charge is 2.44. The molecule has 108 valence electrons. The van der Waals surface area contributed by atoms with Gasteiger partial charge in [-0.25, -0.2) is 0 Å². The molecule has 1 N–H and O–H groups in total. The third-order valence-electron chi connectivity index (χ3n) is 4.39. The first-order valence-corrected chi connectivity index (χ1v) is 7.39. The van der Waals surface area contributed by atoms with Crippen LogP contribution in [0.25, 0.3) is 0 Å². The van der Waals surface area contributed by atoms with Crippen LogP contribution in [0, 0.1) is 5.92 Å². The van der Waals surface area contributed by atoms with Crippen LogP contribution in [-0.4, -0.2) is 13.1 Å². The van der Waals surface area contributed by atoms with Crippen LogP contribution in [0.4, 0.5) is 0 Å². The van der Waals surface area contributed by atoms with Crippen molar-refractivity contribution in [2.75, 3.05) is 7.05 Å². The molecule has 2 rings (SSSR count). The fraction of sp³-hybridized carbons (Fsp3) is 0.625. The molecule has 3 heteroatoms. The average Bonchev–Trinajstić information content (AvgIpc) is 2.28. The SMILES string of the molecule is CN[C@@H](CC(C)C)C1(c2ccc(Cl)cc2)CCC1.Cl. The summed E-state index contributed by atoms with van der Waals surface area (Å²) >= 11 is 6.01. The van der Waals surface area contributed by atoms with Crippen LogP contribution in [-0.2, 0) is 5.41 Å². The van der Waals surface area contributed by atoms with Gasteiger partial charge in [0.25, 0.3) is 0 Å². The fourth-order valence-electron chi connectivity index (χ4n) is 3.27. The zero-order chi connectivity index (χ0) is 13.2. The first-order valence-electron chi connectivity index (χ1n) is 7.02. The molecule has 1 atom stereocenters. The van der Waals surface area contributed by atoms with Gasteiger partial charge >= 0.3 is 0 Å². The van der Waals surface area contributed by atoms with Gasteiger partial charge in [-0.1, -0.05) is 44.0 Å². The quantitative estimate of drug-likeness (QED) is 0.822. The molecule has 1 saturated carbocycles. The lowest BCUT2D eigenvalue weighted by Gasteiger charge is -2.49. The zero-order valence-corrected chi connectivity index (χ0v) is 13.7. The summed E-state index contributed by atoms with van der Waals surface area (Å²) < 4.78 is 0. The Hall–Kier alpha value is -0.240. The van der Waals surface area contributed by atoms with E-state index >= 15 is 0 Å². The zero-order valence-electron chi connectivity index (χ0n) is 12.1. The molecular weight excluding hydrogens is 277 g/mol. The normalized spacial score (nSPS) is 18.6. The summed E-state index contributed by atoms with van der Waals surface area (Å²) in [6, 6.07) is 9.06. The van der Waals surface area contributed by atoms with Gasteiger partial charge in [0.05, 0.1) is 0 Å². The topological polar surface area (TPSA) is 12.0 Å². The van der Waals surface area contributed by atoms with Crippen molar-refractivity contribution in [3.8, 4) is 0 Å². The van der Waals surface area contributed by atoms with E-state index < -0.39 is 0 Å². The molecular formula is C16H25Cl2N. The van der Waals surface area contributed by atoms with Crippen molar-refractivity contribution in [3.63, 3.8) is 0 Å². The van der Waals surface area contributed by atoms with Crippen molar-refractivity contribution >= 4 is 24.0 Å². The summed E-state index contributed by atoms with van der Waals surface area (Å²) in [5, 5.41) is 4.39. The smallest absolute Gasteiger partial charge is 0.0406 e. The predicted molar refractivity (Wildman–Crippen MR) is 86.5 cm³/mol. The number of likely N-dealkylation sites (N-methyl/N-ethyl adjacent to an activating group) is 1. The van der Waals surface area contributed by atoms with Gasteiger partial charge in [-0.15, -0.1) is 12.4 Å². The van der Waals surface area contributed by atoms with E-state index in [1.54, 1.807) is 0 Å². The van der Waals surface area contributed by atoms with E-state index in [9.17, 15) is 0 Å². The maximum atomic E-state index is 6.01. The average molecular weight is 302 g/mol. The van der Waals surface area contributed by atoms with Crippen molar-refractivity contribution in [1.82, 2.24) is 5.32 Å². The van der Waals surface area contributed by atoms with Gasteiger partial charge in [0.2, 0.25) is 0 Å². The molecule has 1 fully saturated rings. The molecule has 0 heterocycles. The highest BCUT2D eigenvalue weighted by Crippen LogP contribution is 2.48. The highest BCUT2D eigenvalue weighted by atomic mass is 35.5. The van der Waals surface area contributed by atoms with Gasteiger partial charge in [-0.3, -0.25) is 0 Å². The van der Waals surface area contributed by atoms with E-state index in [-0.39, 0.29) is 12.4 Å². The maximum absolute atomic E-state index is 6.01. The fourth-order valence-corrected chi connectivity index (χ4v) is 3.39. The Kier molecular flexibility index (Phi) is 6.16. The van der Waals surface area contributed by atoms with E-state index in [4.69, 9.17) is 11.6 Å². The highest BCUT2D eigenvalue weighted by molar-refractivity contribution is 6.30. The number of hydrogen-bond acceptors (Lipinski definition) is 1. The van der Waals surface area contributed by atoms with Crippen molar-refractivity contribution in [2.45, 2.75) is 51.0 Å². The largest absolute Gasteiger partial charge is 0.316 e. The molecule has 1 aliphatic carbocycles. The van der Waals surface area contributed by atoms with Gasteiger partial charge in [-0.05, 0) is 49.9 Å². The molecule has 0 spiro atoms. The first-order chi connectivity index (χ1) is 8.58. The maximum Gasteiger partial charge on any atom is 0.0406 e. The Morgan fingerprint density at radius 3 is 2.16 bits per heavy atom. The second-order valence-corrected chi connectivity index (χ2v) is 6.42. The lowest BCUT2D eigenvalue weighted by Crippen LogP contribution is -2.52. The van der Waals surface area contributed by atoms with E-state index in [1.165, 1.54) is 31.2 Å². The second-order valence-electron chi connectivity index (χ2n) is 5.99. The van der Waals surface area contributed by atoms with E-state index in [2.05, 4.69) is 38.3 Å². The third-order valence-corrected chi connectivity index (χ3v) is 4.64. The van der Waals surface area contributed by atoms with Gasteiger partial charge < -0.3 is 5.32 Å². The van der Waals surface area contributed by atoms with Crippen LogP contribution < -0.4 is 5.32 Å². The van der Waals surface area contributed by atoms with Crippen molar-refractivity contribution in [2.24, 2.45) is 5.92 Å². The van der Waals surface area contributed by atoms with Crippen molar-refractivity contribution in [3.05, 3.63) is 34.9 Å². The Bertz CT molecular complexity index is 382. The molecule has 0 unspecified atom stereocenters. The van der Waals surface area contributed by atoms with E-state index in [1.807, 2.05) is 12.1 Å². The summed E-state index contributed by atoms with van der Waals surface area (Å²) in [5.41, 5.74) is 1.79. The monoisotopic (exact) mass is 301 g/mol. The second kappa shape index (κ2) is 6.97. The standard InChI is InChI=1S/C16H24ClN.ClH/c1-12(2)11-15(18-3)16(9-4-10-16)13-5-7-14(17)8-6-13;/h5-8,12,15,18H,4,9-11H2,1-3H3;1H/t15-;/m0./s1. The van der Waals surface area contributed by atoms with Crippen LogP contribution in [0.3, 0.4) is 0 Å². The number of benzene rings is 1. The van der Waals surface area contributed by atoms with Gasteiger partial charge in [0, 0.05) is 16.5 Å². The minimum absolute atomic E-state index is 0. The number of nitrogens with one attached hydrogen (secondary N) is 1. The molecule has 19 heavy (non-hydrogen) atoms. The Labute approximate surface area is 128 Å². The summed E-state index contributed by atoms with van der Waals surface area (Å²) in [4.78, 5) is 0. The summed E-state index contributed by atoms with van der Waals surface area (Å²) in [6.45, 7) is 4.61. The lowest BCUT2D eigenvalue weighted by atomic mass is 9.59. The van der Waals surface area contributed by atoms with Gasteiger partial charge in [0.1, 0.15) is 0 Å². The molecule has 0 saturated heterocycles. The van der Waals surface area contributed by atoms with Crippen LogP contribution in [0.1, 0.15) is 45.1 Å². The number of hydrogen-bond donors (Lipinski definition) is 1. The molecule has 0 aliphatic heterocycles. The third kappa shape index (κ3) is 3.45. The molecule has 1 aliphatic rings. The Morgan fingerprint density at radius 1 is 1.21 bits per heavy atom. The van der Waals surface area contributed by atoms with Crippen molar-refractivity contribution < 1.29 is 0 Å². The summed E-state index contributed by atoms with van der Waals surface area (Å²) in [7, 11) is 2.10. The van der Waals surface area contributed by atoms with Crippen LogP contribution in [0.2, 0.25) is 5.02 Å². The Balaban J connectivity index is 0.00000180. The Morgan fingerprint density at radius 2 is 1.79 bits per heavy atom.